The van der Waals surface area contributed by atoms with Crippen LogP contribution in [0.5, 0.6) is 0 Å². The molecule has 0 bridgehead atoms. The summed E-state index contributed by atoms with van der Waals surface area (Å²) in [6.45, 7) is 1.98. The van der Waals surface area contributed by atoms with Gasteiger partial charge in [0.05, 0.1) is 0 Å². The molecule has 1 aromatic rings. The lowest BCUT2D eigenvalue weighted by Gasteiger charge is -2.04. The van der Waals surface area contributed by atoms with Crippen molar-refractivity contribution in [1.29, 1.82) is 0 Å². The lowest BCUT2D eigenvalue weighted by Crippen LogP contribution is -2.14. The van der Waals surface area contributed by atoms with Crippen LogP contribution in [0.15, 0.2) is 29.4 Å². The monoisotopic (exact) mass is 232 g/mol. The van der Waals surface area contributed by atoms with Gasteiger partial charge in [0.2, 0.25) is 5.91 Å². The summed E-state index contributed by atoms with van der Waals surface area (Å²) in [5.74, 6) is -0.302. The number of carbonyl (C=O) groups is 1. The molecule has 0 atom stereocenters. The second kappa shape index (κ2) is 7.30. The molecule has 1 N–H and O–H groups in total. The Morgan fingerprint density at radius 1 is 1.41 bits per heavy atom. The van der Waals surface area contributed by atoms with Gasteiger partial charge in [-0.1, -0.05) is 30.6 Å². The van der Waals surface area contributed by atoms with E-state index in [1.54, 1.807) is 0 Å². The summed E-state index contributed by atoms with van der Waals surface area (Å²) >= 11 is 0. The number of anilines is 1. The predicted molar refractivity (Wildman–Crippen MR) is 67.7 cm³/mol. The summed E-state index contributed by atoms with van der Waals surface area (Å²) in [6, 6.07) is 7.72. The van der Waals surface area contributed by atoms with Crippen molar-refractivity contribution in [3.8, 4) is 0 Å². The Hall–Kier alpha value is -2.00. The number of aryl methyl sites for hydroxylation is 1. The zero-order chi connectivity index (χ0) is 12.5. The van der Waals surface area contributed by atoms with Gasteiger partial charge in [-0.15, -0.1) is 0 Å². The summed E-state index contributed by atoms with van der Waals surface area (Å²) in [7, 11) is 0. The van der Waals surface area contributed by atoms with Crippen molar-refractivity contribution >= 4 is 11.6 Å². The van der Waals surface area contributed by atoms with E-state index in [4.69, 9.17) is 5.53 Å². The number of amides is 1. The van der Waals surface area contributed by atoms with Gasteiger partial charge in [0, 0.05) is 10.6 Å². The van der Waals surface area contributed by atoms with Crippen LogP contribution in [-0.2, 0) is 11.2 Å². The van der Waals surface area contributed by atoms with Gasteiger partial charge in [-0.05, 0) is 36.1 Å². The Bertz CT molecular complexity index is 407. The molecule has 17 heavy (non-hydrogen) atoms. The smallest absolute Gasteiger partial charge is 0.230 e. The van der Waals surface area contributed by atoms with Crippen LogP contribution in [0.2, 0.25) is 0 Å². The molecule has 0 aliphatic heterocycles. The van der Waals surface area contributed by atoms with Crippen molar-refractivity contribution in [2.75, 3.05) is 11.9 Å². The Kier molecular flexibility index (Phi) is 5.61. The number of carbonyl (C=O) groups excluding carboxylic acids is 1. The van der Waals surface area contributed by atoms with Gasteiger partial charge in [-0.25, -0.2) is 0 Å². The van der Waals surface area contributed by atoms with Crippen LogP contribution in [0.4, 0.5) is 5.69 Å². The fourth-order valence-electron chi connectivity index (χ4n) is 1.43. The number of hydrogen-bond donors (Lipinski definition) is 1. The van der Waals surface area contributed by atoms with Crippen molar-refractivity contribution in [2.45, 2.75) is 26.2 Å². The maximum Gasteiger partial charge on any atom is 0.230 e. The largest absolute Gasteiger partial charge is 0.326 e. The summed E-state index contributed by atoms with van der Waals surface area (Å²) in [5.41, 5.74) is 10.1. The molecular formula is C12H16N4O. The van der Waals surface area contributed by atoms with E-state index in [2.05, 4.69) is 22.3 Å². The molecular weight excluding hydrogens is 216 g/mol. The summed E-state index contributed by atoms with van der Waals surface area (Å²) in [5, 5.41) is 5.85. The van der Waals surface area contributed by atoms with Crippen molar-refractivity contribution < 1.29 is 4.79 Å². The third-order valence-electron chi connectivity index (χ3n) is 2.33. The minimum atomic E-state index is -0.302. The number of rotatable bonds is 6. The number of nitrogens with zero attached hydrogens (tertiary/aromatic N) is 3. The number of nitrogens with one attached hydrogen (secondary N) is 1. The summed E-state index contributed by atoms with van der Waals surface area (Å²) in [4.78, 5) is 13.8. The highest BCUT2D eigenvalue weighted by atomic mass is 16.1. The minimum absolute atomic E-state index is 0.173. The summed E-state index contributed by atoms with van der Waals surface area (Å²) in [6.07, 6.45) is 3.40. The van der Waals surface area contributed by atoms with E-state index >= 15 is 0 Å². The summed E-state index contributed by atoms with van der Waals surface area (Å²) < 4.78 is 0. The van der Waals surface area contributed by atoms with Crippen LogP contribution in [0, 0.1) is 0 Å². The zero-order valence-corrected chi connectivity index (χ0v) is 9.89. The first-order chi connectivity index (χ1) is 8.26. The highest BCUT2D eigenvalue weighted by Gasteiger charge is 2.00. The fraction of sp³-hybridized carbons (Fsp3) is 0.417. The topological polar surface area (TPSA) is 77.9 Å². The molecule has 0 aliphatic rings. The number of hydrogen-bond acceptors (Lipinski definition) is 2. The van der Waals surface area contributed by atoms with Gasteiger partial charge < -0.3 is 5.32 Å². The highest BCUT2D eigenvalue weighted by molar-refractivity contribution is 5.92. The Balaban J connectivity index is 2.50. The van der Waals surface area contributed by atoms with Crippen LogP contribution in [0.1, 0.15) is 25.3 Å². The molecule has 0 saturated carbocycles. The standard InChI is InChI=1S/C12H16N4O/c1-2-3-4-10-5-7-11(8-6-10)15-12(17)9-14-16-13/h5-8H,2-4,9H2,1H3,(H,15,17). The van der Waals surface area contributed by atoms with Crippen LogP contribution < -0.4 is 5.32 Å². The van der Waals surface area contributed by atoms with Gasteiger partial charge in [0.15, 0.2) is 0 Å². The van der Waals surface area contributed by atoms with E-state index in [-0.39, 0.29) is 12.5 Å². The van der Waals surface area contributed by atoms with E-state index < -0.39 is 0 Å². The Morgan fingerprint density at radius 2 is 2.12 bits per heavy atom. The molecule has 0 unspecified atom stereocenters. The van der Waals surface area contributed by atoms with Gasteiger partial charge in [0.25, 0.3) is 0 Å². The van der Waals surface area contributed by atoms with Crippen LogP contribution in [0.3, 0.4) is 0 Å². The van der Waals surface area contributed by atoms with E-state index in [0.717, 1.165) is 12.1 Å². The Morgan fingerprint density at radius 3 is 2.71 bits per heavy atom. The number of benzene rings is 1. The second-order valence-corrected chi connectivity index (χ2v) is 3.74. The zero-order valence-electron chi connectivity index (χ0n) is 9.89. The van der Waals surface area contributed by atoms with Crippen LogP contribution >= 0.6 is 0 Å². The van der Waals surface area contributed by atoms with E-state index in [0.29, 0.717) is 0 Å². The first-order valence-corrected chi connectivity index (χ1v) is 5.66. The molecule has 1 amide bonds. The highest BCUT2D eigenvalue weighted by Crippen LogP contribution is 2.11. The maximum absolute atomic E-state index is 11.3. The predicted octanol–water partition coefficient (Wildman–Crippen LogP) is 3.28. The third kappa shape index (κ3) is 5.04. The Labute approximate surface area is 100 Å². The lowest BCUT2D eigenvalue weighted by atomic mass is 10.1. The van der Waals surface area contributed by atoms with Gasteiger partial charge in [0.1, 0.15) is 6.54 Å². The lowest BCUT2D eigenvalue weighted by molar-refractivity contribution is -0.114. The van der Waals surface area contributed by atoms with Crippen LogP contribution in [-0.4, -0.2) is 12.5 Å². The molecule has 1 rings (SSSR count). The molecule has 5 heteroatoms. The van der Waals surface area contributed by atoms with Gasteiger partial charge in [-0.2, -0.15) is 0 Å². The van der Waals surface area contributed by atoms with Gasteiger partial charge in [-0.3, -0.25) is 4.79 Å². The fourth-order valence-corrected chi connectivity index (χ4v) is 1.43. The van der Waals surface area contributed by atoms with E-state index in [1.807, 2.05) is 24.3 Å². The maximum atomic E-state index is 11.3. The molecule has 0 heterocycles. The second-order valence-electron chi connectivity index (χ2n) is 3.74. The molecule has 0 fully saturated rings. The van der Waals surface area contributed by atoms with Crippen molar-refractivity contribution in [2.24, 2.45) is 5.11 Å². The van der Waals surface area contributed by atoms with Crippen molar-refractivity contribution in [1.82, 2.24) is 0 Å². The minimum Gasteiger partial charge on any atom is -0.326 e. The average Bonchev–Trinajstić information content (AvgIpc) is 2.35. The molecule has 90 valence electrons. The SMILES string of the molecule is CCCCc1ccc(NC(=O)CN=[N+]=[N-])cc1. The average molecular weight is 232 g/mol. The van der Waals surface area contributed by atoms with E-state index in [1.165, 1.54) is 18.4 Å². The van der Waals surface area contributed by atoms with E-state index in [9.17, 15) is 4.79 Å². The number of unbranched alkanes of at least 4 members (excludes halogenated alkanes) is 1. The van der Waals surface area contributed by atoms with Crippen molar-refractivity contribution in [3.05, 3.63) is 40.3 Å². The molecule has 0 spiro atoms. The van der Waals surface area contributed by atoms with Crippen LogP contribution in [0.25, 0.3) is 10.4 Å². The quantitative estimate of drug-likeness (QED) is 0.456. The molecule has 1 aromatic carbocycles. The molecule has 0 radical (unpaired) electrons. The van der Waals surface area contributed by atoms with Gasteiger partial charge >= 0.3 is 0 Å². The number of azide groups is 1. The first kappa shape index (κ1) is 13.1. The normalized spacial score (nSPS) is 9.47. The molecule has 0 aliphatic carbocycles. The third-order valence-corrected chi connectivity index (χ3v) is 2.33. The molecule has 5 nitrogen and oxygen atoms in total. The van der Waals surface area contributed by atoms with Crippen molar-refractivity contribution in [3.63, 3.8) is 0 Å². The first-order valence-electron chi connectivity index (χ1n) is 5.66. The molecule has 0 aromatic heterocycles. The molecule has 0 saturated heterocycles.